The number of aryl methyl sites for hydroxylation is 1. The molecule has 5 heteroatoms. The third kappa shape index (κ3) is 3.00. The Morgan fingerprint density at radius 2 is 2.15 bits per heavy atom. The van der Waals surface area contributed by atoms with Crippen molar-refractivity contribution < 1.29 is 9.66 Å². The molecule has 0 aliphatic heterocycles. The summed E-state index contributed by atoms with van der Waals surface area (Å²) in [6.45, 7) is 2.37. The smallest absolute Gasteiger partial charge is 0.270 e. The van der Waals surface area contributed by atoms with Gasteiger partial charge in [-0.05, 0) is 29.7 Å². The van der Waals surface area contributed by atoms with E-state index in [1.807, 2.05) is 25.1 Å². The second-order valence-corrected chi connectivity index (χ2v) is 4.44. The van der Waals surface area contributed by atoms with E-state index in [4.69, 9.17) is 4.74 Å². The number of nitrogens with zero attached hydrogens (tertiary/aromatic N) is 2. The van der Waals surface area contributed by atoms with E-state index in [1.54, 1.807) is 19.4 Å². The van der Waals surface area contributed by atoms with Crippen molar-refractivity contribution in [2.75, 3.05) is 7.11 Å². The van der Waals surface area contributed by atoms with Crippen LogP contribution >= 0.6 is 0 Å². The Bertz CT molecular complexity index is 626. The number of nitro benzene ring substituents is 1. The lowest BCUT2D eigenvalue weighted by atomic mass is 10.0. The molecular formula is C15H16N2O3. The Labute approximate surface area is 117 Å². The van der Waals surface area contributed by atoms with Crippen LogP contribution in [0, 0.1) is 10.1 Å². The highest BCUT2D eigenvalue weighted by molar-refractivity contribution is 5.67. The third-order valence-corrected chi connectivity index (χ3v) is 3.04. The van der Waals surface area contributed by atoms with Crippen molar-refractivity contribution in [3.05, 3.63) is 57.8 Å². The van der Waals surface area contributed by atoms with Gasteiger partial charge in [0.2, 0.25) is 0 Å². The molecule has 0 spiro atoms. The van der Waals surface area contributed by atoms with Crippen molar-refractivity contribution in [3.8, 4) is 11.3 Å². The maximum atomic E-state index is 11.0. The first kappa shape index (κ1) is 14.1. The Morgan fingerprint density at radius 3 is 2.80 bits per heavy atom. The summed E-state index contributed by atoms with van der Waals surface area (Å²) in [5, 5.41) is 11.0. The number of methoxy groups -OCH3 is 1. The molecule has 0 unspecified atom stereocenters. The molecule has 2 aromatic rings. The Balaban J connectivity index is 2.57. The second kappa shape index (κ2) is 6.25. The Hall–Kier alpha value is -2.27. The minimum Gasteiger partial charge on any atom is -0.380 e. The lowest BCUT2D eigenvalue weighted by molar-refractivity contribution is -0.384. The van der Waals surface area contributed by atoms with Crippen LogP contribution in [0.15, 0.2) is 36.5 Å². The average Bonchev–Trinajstić information content (AvgIpc) is 2.47. The van der Waals surface area contributed by atoms with E-state index in [0.29, 0.717) is 6.61 Å². The largest absolute Gasteiger partial charge is 0.380 e. The molecule has 20 heavy (non-hydrogen) atoms. The highest BCUT2D eigenvalue weighted by atomic mass is 16.6. The van der Waals surface area contributed by atoms with Gasteiger partial charge < -0.3 is 4.74 Å². The van der Waals surface area contributed by atoms with Crippen LogP contribution in [-0.2, 0) is 17.8 Å². The molecule has 5 nitrogen and oxygen atoms in total. The quantitative estimate of drug-likeness (QED) is 0.618. The predicted molar refractivity (Wildman–Crippen MR) is 76.4 cm³/mol. The van der Waals surface area contributed by atoms with Gasteiger partial charge in [-0.1, -0.05) is 13.0 Å². The minimum absolute atomic E-state index is 0.0576. The van der Waals surface area contributed by atoms with Crippen LogP contribution in [0.3, 0.4) is 0 Å². The van der Waals surface area contributed by atoms with Crippen LogP contribution < -0.4 is 0 Å². The van der Waals surface area contributed by atoms with Gasteiger partial charge in [0.05, 0.1) is 17.2 Å². The lowest BCUT2D eigenvalue weighted by Crippen LogP contribution is -1.97. The minimum atomic E-state index is -0.392. The SMILES string of the molecule is CCc1cccnc1-c1cc(COC)cc([N+](=O)[O-])c1. The number of benzene rings is 1. The summed E-state index contributed by atoms with van der Waals surface area (Å²) >= 11 is 0. The number of nitro groups is 1. The van der Waals surface area contributed by atoms with E-state index in [9.17, 15) is 10.1 Å². The fraction of sp³-hybridized carbons (Fsp3) is 0.267. The van der Waals surface area contributed by atoms with Crippen molar-refractivity contribution in [1.29, 1.82) is 0 Å². The van der Waals surface area contributed by atoms with E-state index in [2.05, 4.69) is 4.98 Å². The number of hydrogen-bond acceptors (Lipinski definition) is 4. The van der Waals surface area contributed by atoms with Crippen molar-refractivity contribution in [1.82, 2.24) is 4.98 Å². The number of non-ortho nitro benzene ring substituents is 1. The van der Waals surface area contributed by atoms with Gasteiger partial charge in [0.1, 0.15) is 0 Å². The molecule has 1 aromatic carbocycles. The van der Waals surface area contributed by atoms with Gasteiger partial charge in [-0.15, -0.1) is 0 Å². The van der Waals surface area contributed by atoms with Crippen molar-refractivity contribution in [2.24, 2.45) is 0 Å². The molecule has 0 saturated heterocycles. The summed E-state index contributed by atoms with van der Waals surface area (Å²) in [4.78, 5) is 15.0. The van der Waals surface area contributed by atoms with Crippen LogP contribution in [0.25, 0.3) is 11.3 Å². The van der Waals surface area contributed by atoms with E-state index in [1.165, 1.54) is 6.07 Å². The van der Waals surface area contributed by atoms with Crippen LogP contribution in [0.2, 0.25) is 0 Å². The van der Waals surface area contributed by atoms with Crippen molar-refractivity contribution in [3.63, 3.8) is 0 Å². The molecular weight excluding hydrogens is 256 g/mol. The van der Waals surface area contributed by atoms with Crippen molar-refractivity contribution >= 4 is 5.69 Å². The highest BCUT2D eigenvalue weighted by Crippen LogP contribution is 2.27. The first-order chi connectivity index (χ1) is 9.65. The van der Waals surface area contributed by atoms with Crippen LogP contribution in [0.1, 0.15) is 18.1 Å². The van der Waals surface area contributed by atoms with Crippen LogP contribution in [-0.4, -0.2) is 17.0 Å². The van der Waals surface area contributed by atoms with Gasteiger partial charge in [-0.25, -0.2) is 0 Å². The zero-order chi connectivity index (χ0) is 14.5. The summed E-state index contributed by atoms with van der Waals surface area (Å²) < 4.78 is 5.07. The topological polar surface area (TPSA) is 65.3 Å². The number of pyridine rings is 1. The standard InChI is InChI=1S/C15H16N2O3/c1-3-12-5-4-6-16-15(12)13-7-11(10-20-2)8-14(9-13)17(18)19/h4-9H,3,10H2,1-2H3. The van der Waals surface area contributed by atoms with Crippen LogP contribution in [0.4, 0.5) is 5.69 Å². The fourth-order valence-electron chi connectivity index (χ4n) is 2.15. The van der Waals surface area contributed by atoms with E-state index in [-0.39, 0.29) is 5.69 Å². The summed E-state index contributed by atoms with van der Waals surface area (Å²) in [6.07, 6.45) is 2.52. The predicted octanol–water partition coefficient (Wildman–Crippen LogP) is 3.37. The first-order valence-electron chi connectivity index (χ1n) is 6.37. The lowest BCUT2D eigenvalue weighted by Gasteiger charge is -2.08. The van der Waals surface area contributed by atoms with Gasteiger partial charge in [0.25, 0.3) is 5.69 Å². The monoisotopic (exact) mass is 272 g/mol. The zero-order valence-electron chi connectivity index (χ0n) is 11.5. The van der Waals surface area contributed by atoms with Gasteiger partial charge in [-0.2, -0.15) is 0 Å². The third-order valence-electron chi connectivity index (χ3n) is 3.04. The molecule has 0 saturated carbocycles. The second-order valence-electron chi connectivity index (χ2n) is 4.44. The molecule has 0 atom stereocenters. The van der Waals surface area contributed by atoms with Gasteiger partial charge in [0.15, 0.2) is 0 Å². The van der Waals surface area contributed by atoms with Gasteiger partial charge in [0, 0.05) is 31.0 Å². The van der Waals surface area contributed by atoms with E-state index in [0.717, 1.165) is 28.8 Å². The maximum absolute atomic E-state index is 11.0. The number of aromatic nitrogens is 1. The molecule has 0 fully saturated rings. The highest BCUT2D eigenvalue weighted by Gasteiger charge is 2.13. The molecule has 1 heterocycles. The molecule has 0 bridgehead atoms. The van der Waals surface area contributed by atoms with Crippen LogP contribution in [0.5, 0.6) is 0 Å². The summed E-state index contributed by atoms with van der Waals surface area (Å²) in [7, 11) is 1.57. The summed E-state index contributed by atoms with van der Waals surface area (Å²) in [5.74, 6) is 0. The molecule has 0 aliphatic carbocycles. The van der Waals surface area contributed by atoms with Gasteiger partial charge in [-0.3, -0.25) is 15.1 Å². The van der Waals surface area contributed by atoms with E-state index < -0.39 is 4.92 Å². The first-order valence-corrected chi connectivity index (χ1v) is 6.37. The summed E-state index contributed by atoms with van der Waals surface area (Å²) in [6, 6.07) is 8.83. The molecule has 0 N–H and O–H groups in total. The number of ether oxygens (including phenoxy) is 1. The molecule has 104 valence electrons. The van der Waals surface area contributed by atoms with Gasteiger partial charge >= 0.3 is 0 Å². The number of hydrogen-bond donors (Lipinski definition) is 0. The Morgan fingerprint density at radius 1 is 1.35 bits per heavy atom. The maximum Gasteiger partial charge on any atom is 0.270 e. The Kier molecular flexibility index (Phi) is 4.42. The van der Waals surface area contributed by atoms with E-state index >= 15 is 0 Å². The zero-order valence-corrected chi connectivity index (χ0v) is 11.5. The molecule has 0 amide bonds. The fourth-order valence-corrected chi connectivity index (χ4v) is 2.15. The number of rotatable bonds is 5. The molecule has 1 aromatic heterocycles. The molecule has 0 aliphatic rings. The normalized spacial score (nSPS) is 10.5. The summed E-state index contributed by atoms with van der Waals surface area (Å²) in [5.41, 5.74) is 3.43. The molecule has 2 rings (SSSR count). The average molecular weight is 272 g/mol. The molecule has 0 radical (unpaired) electrons. The van der Waals surface area contributed by atoms with Crippen molar-refractivity contribution in [2.45, 2.75) is 20.0 Å².